The van der Waals surface area contributed by atoms with Crippen LogP contribution < -0.4 is 14.5 Å². The summed E-state index contributed by atoms with van der Waals surface area (Å²) < 4.78 is 15.8. The highest BCUT2D eigenvalue weighted by Crippen LogP contribution is 2.35. The van der Waals surface area contributed by atoms with Crippen molar-refractivity contribution < 1.29 is 23.8 Å². The molecule has 1 saturated heterocycles. The van der Waals surface area contributed by atoms with Gasteiger partial charge in [0, 0.05) is 6.07 Å². The molecule has 8 heteroatoms. The summed E-state index contributed by atoms with van der Waals surface area (Å²) in [5.74, 6) is 0.496. The summed E-state index contributed by atoms with van der Waals surface area (Å²) in [5, 5.41) is 0. The van der Waals surface area contributed by atoms with Gasteiger partial charge in [0.05, 0.1) is 32.1 Å². The first-order chi connectivity index (χ1) is 13.2. The van der Waals surface area contributed by atoms with Crippen LogP contribution >= 0.6 is 0 Å². The number of carbonyl (C=O) groups excluding carboxylic acids is 2. The minimum absolute atomic E-state index is 0.00591. The molecule has 1 aromatic carbocycles. The van der Waals surface area contributed by atoms with E-state index in [2.05, 4.69) is 4.98 Å². The summed E-state index contributed by atoms with van der Waals surface area (Å²) >= 11 is 0. The van der Waals surface area contributed by atoms with Gasteiger partial charge in [-0.25, -0.2) is 4.79 Å². The van der Waals surface area contributed by atoms with Crippen molar-refractivity contribution in [1.29, 1.82) is 0 Å². The van der Waals surface area contributed by atoms with Gasteiger partial charge in [-0.05, 0) is 11.6 Å². The van der Waals surface area contributed by atoms with Crippen molar-refractivity contribution in [3.8, 4) is 5.88 Å². The zero-order valence-corrected chi connectivity index (χ0v) is 14.8. The second-order valence-corrected chi connectivity index (χ2v) is 6.28. The Labute approximate surface area is 156 Å². The first-order valence-corrected chi connectivity index (χ1v) is 8.61. The Kier molecular flexibility index (Phi) is 4.64. The number of aromatic nitrogens is 1. The summed E-state index contributed by atoms with van der Waals surface area (Å²) in [6, 6.07) is 12.7. The number of pyridine rings is 1. The molecule has 0 aliphatic carbocycles. The number of epoxide rings is 1. The normalized spacial score (nSPS) is 18.1. The third kappa shape index (κ3) is 3.70. The van der Waals surface area contributed by atoms with Crippen LogP contribution in [0, 0.1) is 0 Å². The molecule has 0 unspecified atom stereocenters. The van der Waals surface area contributed by atoms with Gasteiger partial charge in [0.15, 0.2) is 5.82 Å². The molecule has 3 heterocycles. The van der Waals surface area contributed by atoms with E-state index in [9.17, 15) is 9.59 Å². The van der Waals surface area contributed by atoms with Crippen LogP contribution in [0.3, 0.4) is 0 Å². The second-order valence-electron chi connectivity index (χ2n) is 6.28. The first-order valence-electron chi connectivity index (χ1n) is 8.61. The fourth-order valence-corrected chi connectivity index (χ4v) is 2.90. The molecule has 0 N–H and O–H groups in total. The molecule has 1 aromatic heterocycles. The number of anilines is 2. The molecule has 2 aliphatic heterocycles. The highest BCUT2D eigenvalue weighted by atomic mass is 16.6. The van der Waals surface area contributed by atoms with Gasteiger partial charge in [-0.15, -0.1) is 0 Å². The van der Waals surface area contributed by atoms with E-state index >= 15 is 0 Å². The molecular formula is C19H19N3O5. The molecular weight excluding hydrogens is 350 g/mol. The molecule has 0 spiro atoms. The van der Waals surface area contributed by atoms with Crippen LogP contribution in [0.25, 0.3) is 0 Å². The maximum atomic E-state index is 12.6. The van der Waals surface area contributed by atoms with Gasteiger partial charge in [0.25, 0.3) is 0 Å². The van der Waals surface area contributed by atoms with E-state index in [0.29, 0.717) is 30.5 Å². The van der Waals surface area contributed by atoms with E-state index in [1.165, 1.54) is 16.9 Å². The number of hydrogen-bond donors (Lipinski definition) is 0. The molecule has 2 aliphatic rings. The third-order valence-electron chi connectivity index (χ3n) is 4.39. The summed E-state index contributed by atoms with van der Waals surface area (Å²) in [5.41, 5.74) is 1.38. The Morgan fingerprint density at radius 1 is 1.26 bits per heavy atom. The van der Waals surface area contributed by atoms with Gasteiger partial charge in [-0.3, -0.25) is 14.6 Å². The molecule has 140 valence electrons. The molecule has 1 atom stereocenters. The summed E-state index contributed by atoms with van der Waals surface area (Å²) in [4.78, 5) is 32.5. The number of ether oxygens (including phenoxy) is 3. The molecule has 8 nitrogen and oxygen atoms in total. The van der Waals surface area contributed by atoms with Gasteiger partial charge in [-0.1, -0.05) is 30.3 Å². The summed E-state index contributed by atoms with van der Waals surface area (Å²) in [7, 11) is 1.50. The Morgan fingerprint density at radius 2 is 2.04 bits per heavy atom. The number of methoxy groups -OCH3 is 1. The molecule has 2 amide bonds. The lowest BCUT2D eigenvalue weighted by molar-refractivity contribution is -0.117. The van der Waals surface area contributed by atoms with Crippen LogP contribution in [-0.2, 0) is 20.9 Å². The minimum atomic E-state index is -0.595. The highest BCUT2D eigenvalue weighted by molar-refractivity contribution is 6.08. The number of fused-ring (bicyclic) bond motifs is 1. The number of nitrogens with zero attached hydrogens (tertiary/aromatic N) is 3. The molecule has 0 saturated carbocycles. The largest absolute Gasteiger partial charge is 0.481 e. The second kappa shape index (κ2) is 7.24. The summed E-state index contributed by atoms with van der Waals surface area (Å²) in [6.07, 6.45) is -0.589. The zero-order chi connectivity index (χ0) is 18.8. The first kappa shape index (κ1) is 17.3. The van der Waals surface area contributed by atoms with Crippen LogP contribution in [0.15, 0.2) is 42.5 Å². The summed E-state index contributed by atoms with van der Waals surface area (Å²) in [6.45, 7) is 1.04. The Balaban J connectivity index is 1.57. The van der Waals surface area contributed by atoms with Gasteiger partial charge in [-0.2, -0.15) is 4.98 Å². The quantitative estimate of drug-likeness (QED) is 0.750. The van der Waals surface area contributed by atoms with Crippen molar-refractivity contribution in [3.63, 3.8) is 0 Å². The van der Waals surface area contributed by atoms with Gasteiger partial charge >= 0.3 is 6.09 Å². The maximum absolute atomic E-state index is 12.6. The average Bonchev–Trinajstić information content (AvgIpc) is 3.52. The maximum Gasteiger partial charge on any atom is 0.415 e. The van der Waals surface area contributed by atoms with Crippen LogP contribution in [-0.4, -0.2) is 49.9 Å². The van der Waals surface area contributed by atoms with E-state index in [1.807, 2.05) is 30.3 Å². The van der Waals surface area contributed by atoms with Crippen molar-refractivity contribution in [2.24, 2.45) is 0 Å². The van der Waals surface area contributed by atoms with Crippen LogP contribution in [0.2, 0.25) is 0 Å². The van der Waals surface area contributed by atoms with Crippen molar-refractivity contribution in [2.75, 3.05) is 36.6 Å². The van der Waals surface area contributed by atoms with Crippen LogP contribution in [0.1, 0.15) is 5.56 Å². The minimum Gasteiger partial charge on any atom is -0.481 e. The van der Waals surface area contributed by atoms with E-state index in [1.54, 1.807) is 12.1 Å². The van der Waals surface area contributed by atoms with E-state index in [-0.39, 0.29) is 25.2 Å². The smallest absolute Gasteiger partial charge is 0.415 e. The van der Waals surface area contributed by atoms with E-state index in [0.717, 1.165) is 5.56 Å². The average molecular weight is 369 g/mol. The standard InChI is InChI=1S/C19H19N3O5/c1-25-16-8-7-15-18(20-16)22(9-14-12-26-14)17(23)10-21(15)19(24)27-11-13-5-3-2-4-6-13/h2-8,14H,9-12H2,1H3/t14-/m1/s1. The molecule has 27 heavy (non-hydrogen) atoms. The topological polar surface area (TPSA) is 84.5 Å². The van der Waals surface area contributed by atoms with Crippen LogP contribution in [0.4, 0.5) is 16.3 Å². The van der Waals surface area contributed by atoms with Gasteiger partial charge in [0.2, 0.25) is 11.8 Å². The molecule has 2 aromatic rings. The predicted molar refractivity (Wildman–Crippen MR) is 96.9 cm³/mol. The van der Waals surface area contributed by atoms with Gasteiger partial charge < -0.3 is 14.2 Å². The molecule has 0 bridgehead atoms. The molecule has 0 radical (unpaired) electrons. The Morgan fingerprint density at radius 3 is 2.74 bits per heavy atom. The predicted octanol–water partition coefficient (Wildman–Crippen LogP) is 1.98. The van der Waals surface area contributed by atoms with Crippen molar-refractivity contribution in [1.82, 2.24) is 4.98 Å². The number of amides is 2. The molecule has 1 fully saturated rings. The monoisotopic (exact) mass is 369 g/mol. The lowest BCUT2D eigenvalue weighted by atomic mass is 10.2. The lowest BCUT2D eigenvalue weighted by Crippen LogP contribution is -2.49. The van der Waals surface area contributed by atoms with Gasteiger partial charge in [0.1, 0.15) is 13.2 Å². The number of rotatable bonds is 5. The zero-order valence-electron chi connectivity index (χ0n) is 14.8. The third-order valence-corrected chi connectivity index (χ3v) is 4.39. The fraction of sp³-hybridized carbons (Fsp3) is 0.316. The SMILES string of the molecule is COc1ccc2c(n1)N(C[C@@H]1CO1)C(=O)CN2C(=O)OCc1ccccc1. The van der Waals surface area contributed by atoms with E-state index in [4.69, 9.17) is 14.2 Å². The van der Waals surface area contributed by atoms with Crippen molar-refractivity contribution in [3.05, 3.63) is 48.0 Å². The van der Waals surface area contributed by atoms with Crippen molar-refractivity contribution in [2.45, 2.75) is 12.7 Å². The Bertz CT molecular complexity index is 854. The van der Waals surface area contributed by atoms with E-state index < -0.39 is 6.09 Å². The fourth-order valence-electron chi connectivity index (χ4n) is 2.90. The molecule has 4 rings (SSSR count). The highest BCUT2D eigenvalue weighted by Gasteiger charge is 2.38. The van der Waals surface area contributed by atoms with Crippen molar-refractivity contribution >= 4 is 23.5 Å². The van der Waals surface area contributed by atoms with Crippen LogP contribution in [0.5, 0.6) is 5.88 Å². The lowest BCUT2D eigenvalue weighted by Gasteiger charge is -2.34. The number of carbonyl (C=O) groups is 2. The number of benzene rings is 1. The number of hydrogen-bond acceptors (Lipinski definition) is 6. The Hall–Kier alpha value is -3.13.